The molecule has 0 bridgehead atoms. The number of amides is 4. The third kappa shape index (κ3) is 3.73. The Morgan fingerprint density at radius 2 is 1.82 bits per heavy atom. The summed E-state index contributed by atoms with van der Waals surface area (Å²) in [6.07, 6.45) is 3.38. The van der Waals surface area contributed by atoms with Crippen molar-refractivity contribution in [3.8, 4) is 0 Å². The van der Waals surface area contributed by atoms with Gasteiger partial charge in [-0.05, 0) is 17.7 Å². The quantitative estimate of drug-likeness (QED) is 0.570. The Kier molecular flexibility index (Phi) is 5.29. The second-order valence-electron chi connectivity index (χ2n) is 6.71. The van der Waals surface area contributed by atoms with E-state index in [4.69, 9.17) is 0 Å². The normalized spacial score (nSPS) is 19.1. The summed E-state index contributed by atoms with van der Waals surface area (Å²) in [5.41, 5.74) is 0.908. The monoisotopic (exact) mass is 396 g/mol. The molecule has 2 fully saturated rings. The van der Waals surface area contributed by atoms with Crippen molar-refractivity contribution in [3.05, 3.63) is 60.4 Å². The third-order valence-corrected chi connectivity index (χ3v) is 5.95. The van der Waals surface area contributed by atoms with Crippen molar-refractivity contribution >= 4 is 29.6 Å². The van der Waals surface area contributed by atoms with Crippen LogP contribution in [0, 0.1) is 0 Å². The number of thioether (sulfide) groups is 1. The first-order valence-electron chi connectivity index (χ1n) is 9.10. The molecular weight excluding hydrogens is 376 g/mol. The molecule has 2 saturated heterocycles. The lowest BCUT2D eigenvalue weighted by Gasteiger charge is -2.35. The minimum absolute atomic E-state index is 0.0248. The first-order valence-corrected chi connectivity index (χ1v) is 10.1. The van der Waals surface area contributed by atoms with Gasteiger partial charge in [0.25, 0.3) is 5.91 Å². The second-order valence-corrected chi connectivity index (χ2v) is 7.76. The molecule has 8 heteroatoms. The number of fused-ring (bicyclic) bond motifs is 1. The molecule has 4 amide bonds. The predicted octanol–water partition coefficient (Wildman–Crippen LogP) is 1.85. The molecule has 1 aromatic heterocycles. The van der Waals surface area contributed by atoms with Gasteiger partial charge < -0.3 is 9.80 Å². The molecule has 0 aliphatic carbocycles. The molecule has 0 spiro atoms. The highest BCUT2D eigenvalue weighted by Crippen LogP contribution is 2.25. The lowest BCUT2D eigenvalue weighted by molar-refractivity contribution is -0.134. The zero-order valence-corrected chi connectivity index (χ0v) is 16.0. The minimum atomic E-state index is -0.583. The topological polar surface area (TPSA) is 73.8 Å². The first kappa shape index (κ1) is 18.5. The van der Waals surface area contributed by atoms with Crippen LogP contribution in [-0.4, -0.2) is 69.0 Å². The molecule has 2 aliphatic heterocycles. The van der Waals surface area contributed by atoms with E-state index in [1.165, 1.54) is 16.7 Å². The van der Waals surface area contributed by atoms with Gasteiger partial charge in [-0.25, -0.2) is 4.79 Å². The van der Waals surface area contributed by atoms with Crippen molar-refractivity contribution in [2.45, 2.75) is 17.5 Å². The maximum Gasteiger partial charge on any atom is 0.327 e. The van der Waals surface area contributed by atoms with Crippen LogP contribution in [0.15, 0.2) is 59.8 Å². The summed E-state index contributed by atoms with van der Waals surface area (Å²) in [6, 6.07) is 12.3. The molecule has 2 aliphatic rings. The minimum Gasteiger partial charge on any atom is -0.338 e. The lowest BCUT2D eigenvalue weighted by Crippen LogP contribution is -2.55. The summed E-state index contributed by atoms with van der Waals surface area (Å²) in [6.45, 7) is 1.35. The fourth-order valence-electron chi connectivity index (χ4n) is 3.46. The standard InChI is InChI=1S/C20H20N4O3S/c25-18(14-28-16-6-8-21-9-7-16)22-10-11-23-17(13-22)19(26)24(20(23)27)12-15-4-2-1-3-5-15/h1-9,17H,10-14H2/t17-/m0/s1. The van der Waals surface area contributed by atoms with E-state index >= 15 is 0 Å². The number of imide groups is 1. The summed E-state index contributed by atoms with van der Waals surface area (Å²) in [5, 5.41) is 0. The molecule has 7 nitrogen and oxygen atoms in total. The molecule has 1 aromatic carbocycles. The first-order chi connectivity index (χ1) is 13.6. The summed E-state index contributed by atoms with van der Waals surface area (Å²) < 4.78 is 0. The number of rotatable bonds is 5. The summed E-state index contributed by atoms with van der Waals surface area (Å²) in [7, 11) is 0. The number of nitrogens with zero attached hydrogens (tertiary/aromatic N) is 4. The van der Waals surface area contributed by atoms with Gasteiger partial charge >= 0.3 is 6.03 Å². The Balaban J connectivity index is 1.38. The van der Waals surface area contributed by atoms with E-state index in [9.17, 15) is 14.4 Å². The molecule has 0 saturated carbocycles. The molecule has 144 valence electrons. The van der Waals surface area contributed by atoms with E-state index in [2.05, 4.69) is 4.98 Å². The van der Waals surface area contributed by atoms with Crippen LogP contribution in [-0.2, 0) is 16.1 Å². The Morgan fingerprint density at radius 1 is 1.07 bits per heavy atom. The number of piperazine rings is 1. The highest BCUT2D eigenvalue weighted by atomic mass is 32.2. The Labute approximate surface area is 167 Å². The van der Waals surface area contributed by atoms with Crippen molar-refractivity contribution in [1.82, 2.24) is 19.7 Å². The molecule has 28 heavy (non-hydrogen) atoms. The average Bonchev–Trinajstić information content (AvgIpc) is 2.98. The Hall–Kier alpha value is -2.87. The number of carbonyl (C=O) groups excluding carboxylic acids is 3. The molecule has 0 N–H and O–H groups in total. The maximum atomic E-state index is 12.8. The van der Waals surface area contributed by atoms with Gasteiger partial charge in [0.2, 0.25) is 5.91 Å². The second kappa shape index (κ2) is 8.02. The largest absolute Gasteiger partial charge is 0.338 e. The van der Waals surface area contributed by atoms with E-state index in [1.807, 2.05) is 42.5 Å². The summed E-state index contributed by atoms with van der Waals surface area (Å²) in [4.78, 5) is 47.6. The lowest BCUT2D eigenvalue weighted by atomic mass is 10.1. The van der Waals surface area contributed by atoms with Gasteiger partial charge in [0.15, 0.2) is 0 Å². The SMILES string of the molecule is O=C(CSc1ccncc1)N1CCN2C(=O)N(Cc3ccccc3)C(=O)[C@@H]2C1. The van der Waals surface area contributed by atoms with Gasteiger partial charge in [-0.3, -0.25) is 19.5 Å². The maximum absolute atomic E-state index is 12.8. The molecule has 1 atom stereocenters. The van der Waals surface area contributed by atoms with Crippen LogP contribution in [0.3, 0.4) is 0 Å². The van der Waals surface area contributed by atoms with Crippen LogP contribution < -0.4 is 0 Å². The predicted molar refractivity (Wildman–Crippen MR) is 104 cm³/mol. The zero-order chi connectivity index (χ0) is 19.5. The number of hydrogen-bond donors (Lipinski definition) is 0. The van der Waals surface area contributed by atoms with E-state index in [0.29, 0.717) is 18.8 Å². The number of benzene rings is 1. The van der Waals surface area contributed by atoms with E-state index < -0.39 is 6.04 Å². The van der Waals surface area contributed by atoms with Crippen molar-refractivity contribution in [2.75, 3.05) is 25.4 Å². The number of aromatic nitrogens is 1. The van der Waals surface area contributed by atoms with E-state index in [0.717, 1.165) is 10.5 Å². The van der Waals surface area contributed by atoms with Gasteiger partial charge in [0, 0.05) is 30.4 Å². The molecule has 0 radical (unpaired) electrons. The van der Waals surface area contributed by atoms with Crippen molar-refractivity contribution in [2.24, 2.45) is 0 Å². The van der Waals surface area contributed by atoms with Crippen molar-refractivity contribution < 1.29 is 14.4 Å². The zero-order valence-electron chi connectivity index (χ0n) is 15.2. The highest BCUT2D eigenvalue weighted by molar-refractivity contribution is 8.00. The van der Waals surface area contributed by atoms with Gasteiger partial charge in [-0.15, -0.1) is 11.8 Å². The molecular formula is C20H20N4O3S. The fourth-order valence-corrected chi connectivity index (χ4v) is 4.25. The van der Waals surface area contributed by atoms with Crippen LogP contribution in [0.5, 0.6) is 0 Å². The summed E-state index contributed by atoms with van der Waals surface area (Å²) >= 11 is 1.44. The van der Waals surface area contributed by atoms with Crippen molar-refractivity contribution in [1.29, 1.82) is 0 Å². The van der Waals surface area contributed by atoms with Crippen LogP contribution in [0.1, 0.15) is 5.56 Å². The van der Waals surface area contributed by atoms with Gasteiger partial charge in [-0.1, -0.05) is 30.3 Å². The van der Waals surface area contributed by atoms with Crippen LogP contribution in [0.2, 0.25) is 0 Å². The summed E-state index contributed by atoms with van der Waals surface area (Å²) in [5.74, 6) is 0.0448. The van der Waals surface area contributed by atoms with Gasteiger partial charge in [-0.2, -0.15) is 0 Å². The van der Waals surface area contributed by atoms with Crippen molar-refractivity contribution in [3.63, 3.8) is 0 Å². The molecule has 3 heterocycles. The fraction of sp³-hybridized carbons (Fsp3) is 0.300. The van der Waals surface area contributed by atoms with E-state index in [1.54, 1.807) is 22.2 Å². The van der Waals surface area contributed by atoms with Crippen LogP contribution >= 0.6 is 11.8 Å². The number of hydrogen-bond acceptors (Lipinski definition) is 5. The third-order valence-electron chi connectivity index (χ3n) is 4.96. The number of carbonyl (C=O) groups is 3. The van der Waals surface area contributed by atoms with E-state index in [-0.39, 0.29) is 30.9 Å². The number of urea groups is 1. The van der Waals surface area contributed by atoms with Gasteiger partial charge in [0.05, 0.1) is 18.8 Å². The van der Waals surface area contributed by atoms with Crippen LogP contribution in [0.25, 0.3) is 0 Å². The molecule has 0 unspecified atom stereocenters. The Morgan fingerprint density at radius 3 is 2.57 bits per heavy atom. The molecule has 4 rings (SSSR count). The molecule has 2 aromatic rings. The Bertz CT molecular complexity index is 878. The van der Waals surface area contributed by atoms with Crippen LogP contribution in [0.4, 0.5) is 4.79 Å². The van der Waals surface area contributed by atoms with Gasteiger partial charge in [0.1, 0.15) is 6.04 Å². The number of pyridine rings is 1. The smallest absolute Gasteiger partial charge is 0.327 e. The highest BCUT2D eigenvalue weighted by Gasteiger charge is 2.48. The average molecular weight is 396 g/mol.